The van der Waals surface area contributed by atoms with Crippen LogP contribution in [0.3, 0.4) is 0 Å². The van der Waals surface area contributed by atoms with E-state index in [-0.39, 0.29) is 12.3 Å². The summed E-state index contributed by atoms with van der Waals surface area (Å²) in [6.07, 6.45) is 2.12. The van der Waals surface area contributed by atoms with Gasteiger partial charge >= 0.3 is 5.97 Å². The van der Waals surface area contributed by atoms with Crippen molar-refractivity contribution in [2.75, 3.05) is 13.2 Å². The maximum Gasteiger partial charge on any atom is 0.303 e. The van der Waals surface area contributed by atoms with Gasteiger partial charge in [0, 0.05) is 13.0 Å². The molecular weight excluding hydrogens is 446 g/mol. The van der Waals surface area contributed by atoms with Gasteiger partial charge in [-0.05, 0) is 49.6 Å². The number of carbonyl (C=O) groups is 2. The zero-order valence-electron chi connectivity index (χ0n) is 18.0. The predicted molar refractivity (Wildman–Crippen MR) is 130 cm³/mol. The molecule has 0 atom stereocenters. The van der Waals surface area contributed by atoms with Crippen LogP contribution in [-0.4, -0.2) is 39.4 Å². The molecule has 3 rings (SSSR count). The Morgan fingerprint density at radius 2 is 2.00 bits per heavy atom. The van der Waals surface area contributed by atoms with Crippen LogP contribution in [0.15, 0.2) is 47.4 Å². The van der Waals surface area contributed by atoms with Crippen LogP contribution in [0.4, 0.5) is 0 Å². The maximum atomic E-state index is 12.7. The van der Waals surface area contributed by atoms with Gasteiger partial charge in [0.25, 0.3) is 5.91 Å². The molecule has 0 spiro atoms. The average Bonchev–Trinajstić information content (AvgIpc) is 3.00. The largest absolute Gasteiger partial charge is 0.490 e. The van der Waals surface area contributed by atoms with Gasteiger partial charge in [-0.15, -0.1) is 0 Å². The normalized spacial score (nSPS) is 14.8. The Bertz CT molecular complexity index is 1050. The van der Waals surface area contributed by atoms with Gasteiger partial charge in [0.05, 0.1) is 11.5 Å². The first-order valence-corrected chi connectivity index (χ1v) is 11.5. The van der Waals surface area contributed by atoms with Crippen LogP contribution in [0.1, 0.15) is 36.5 Å². The van der Waals surface area contributed by atoms with Crippen molar-refractivity contribution in [2.24, 2.45) is 0 Å². The second-order valence-corrected chi connectivity index (χ2v) is 8.92. The van der Waals surface area contributed by atoms with Crippen LogP contribution in [0.2, 0.25) is 0 Å². The van der Waals surface area contributed by atoms with Crippen molar-refractivity contribution in [3.05, 3.63) is 64.1 Å². The number of carbonyl (C=O) groups excluding carboxylic acids is 1. The average molecular weight is 472 g/mol. The number of thiocarbonyl (C=S) groups is 1. The lowest BCUT2D eigenvalue weighted by Gasteiger charge is -2.13. The van der Waals surface area contributed by atoms with Gasteiger partial charge in [-0.1, -0.05) is 59.9 Å². The van der Waals surface area contributed by atoms with E-state index in [4.69, 9.17) is 26.8 Å². The van der Waals surface area contributed by atoms with Crippen molar-refractivity contribution in [3.63, 3.8) is 0 Å². The van der Waals surface area contributed by atoms with E-state index in [1.807, 2.05) is 50.2 Å². The summed E-state index contributed by atoms with van der Waals surface area (Å²) in [5, 5.41) is 8.80. The molecule has 0 unspecified atom stereocenters. The van der Waals surface area contributed by atoms with Gasteiger partial charge in [0.1, 0.15) is 10.9 Å². The Labute approximate surface area is 197 Å². The van der Waals surface area contributed by atoms with Crippen molar-refractivity contribution >= 4 is 46.3 Å². The van der Waals surface area contributed by atoms with Crippen molar-refractivity contribution < 1.29 is 24.2 Å². The van der Waals surface area contributed by atoms with Gasteiger partial charge in [-0.25, -0.2) is 0 Å². The number of carboxylic acid groups (broad SMARTS) is 1. The molecule has 1 aliphatic heterocycles. The molecule has 8 heteroatoms. The first kappa shape index (κ1) is 23.8. The lowest BCUT2D eigenvalue weighted by Crippen LogP contribution is -2.29. The van der Waals surface area contributed by atoms with E-state index in [0.717, 1.165) is 11.1 Å². The van der Waals surface area contributed by atoms with Gasteiger partial charge in [0.15, 0.2) is 11.5 Å². The summed E-state index contributed by atoms with van der Waals surface area (Å²) in [6, 6.07) is 13.7. The highest BCUT2D eigenvalue weighted by molar-refractivity contribution is 8.26. The molecule has 0 radical (unpaired) electrons. The van der Waals surface area contributed by atoms with Crippen LogP contribution >= 0.6 is 24.0 Å². The number of carboxylic acids is 1. The van der Waals surface area contributed by atoms with E-state index in [1.165, 1.54) is 22.2 Å². The highest BCUT2D eigenvalue weighted by Gasteiger charge is 2.31. The Kier molecular flexibility index (Phi) is 8.30. The molecule has 1 saturated heterocycles. The van der Waals surface area contributed by atoms with Crippen LogP contribution in [0, 0.1) is 6.92 Å². The summed E-state index contributed by atoms with van der Waals surface area (Å²) in [5.74, 6) is 0.139. The number of amides is 1. The number of rotatable bonds is 10. The molecule has 0 aromatic heterocycles. The van der Waals surface area contributed by atoms with Crippen molar-refractivity contribution in [3.8, 4) is 11.5 Å². The van der Waals surface area contributed by atoms with Crippen LogP contribution in [0.25, 0.3) is 6.08 Å². The fourth-order valence-electron chi connectivity index (χ4n) is 3.20. The second kappa shape index (κ2) is 11.2. The van der Waals surface area contributed by atoms with E-state index in [9.17, 15) is 9.59 Å². The highest BCUT2D eigenvalue weighted by atomic mass is 32.2. The summed E-state index contributed by atoms with van der Waals surface area (Å²) < 4.78 is 12.2. The molecule has 2 aromatic rings. The van der Waals surface area contributed by atoms with Crippen molar-refractivity contribution in [1.29, 1.82) is 0 Å². The summed E-state index contributed by atoms with van der Waals surface area (Å²) in [6.45, 7) is 5.15. The molecule has 0 aliphatic carbocycles. The predicted octanol–water partition coefficient (Wildman–Crippen LogP) is 5.04. The zero-order chi connectivity index (χ0) is 23.1. The number of aryl methyl sites for hydroxylation is 1. The van der Waals surface area contributed by atoms with Crippen LogP contribution in [0.5, 0.6) is 11.5 Å². The zero-order valence-corrected chi connectivity index (χ0v) is 19.6. The smallest absolute Gasteiger partial charge is 0.303 e. The van der Waals surface area contributed by atoms with Gasteiger partial charge in [-0.3, -0.25) is 14.5 Å². The van der Waals surface area contributed by atoms with Crippen LogP contribution in [-0.2, 0) is 16.2 Å². The first-order chi connectivity index (χ1) is 15.4. The SMILES string of the molecule is CCOc1cc(/C=C2/SC(=S)N(CCCC(=O)O)C2=O)ccc1OCc1cccc(C)c1. The monoisotopic (exact) mass is 471 g/mol. The molecule has 2 aromatic carbocycles. The Hall–Kier alpha value is -2.84. The number of nitrogens with zero attached hydrogens (tertiary/aromatic N) is 1. The van der Waals surface area contributed by atoms with E-state index >= 15 is 0 Å². The lowest BCUT2D eigenvalue weighted by molar-refractivity contribution is -0.137. The molecular formula is C24H25NO5S2. The Morgan fingerprint density at radius 3 is 2.72 bits per heavy atom. The van der Waals surface area contributed by atoms with E-state index in [2.05, 4.69) is 6.07 Å². The molecule has 1 heterocycles. The summed E-state index contributed by atoms with van der Waals surface area (Å²) in [4.78, 5) is 25.4. The van der Waals surface area contributed by atoms with Crippen molar-refractivity contribution in [1.82, 2.24) is 4.90 Å². The fraction of sp³-hybridized carbons (Fsp3) is 0.292. The number of hydrogen-bond acceptors (Lipinski definition) is 6. The van der Waals surface area contributed by atoms with Gasteiger partial charge in [0.2, 0.25) is 0 Å². The second-order valence-electron chi connectivity index (χ2n) is 7.25. The van der Waals surface area contributed by atoms with Gasteiger partial charge < -0.3 is 14.6 Å². The number of ether oxygens (including phenoxy) is 2. The standard InChI is InChI=1S/C24H25NO5S2/c1-3-29-20-13-17(9-10-19(20)30-15-18-7-4-6-16(2)12-18)14-21-23(28)25(24(31)32-21)11-5-8-22(26)27/h4,6-7,9-10,12-14H,3,5,8,11,15H2,1-2H3,(H,26,27)/b21-14+. The molecule has 0 bridgehead atoms. The Morgan fingerprint density at radius 1 is 1.19 bits per heavy atom. The lowest BCUT2D eigenvalue weighted by atomic mass is 10.1. The summed E-state index contributed by atoms with van der Waals surface area (Å²) in [5.41, 5.74) is 3.04. The third kappa shape index (κ3) is 6.34. The summed E-state index contributed by atoms with van der Waals surface area (Å²) in [7, 11) is 0. The third-order valence-electron chi connectivity index (χ3n) is 4.69. The minimum absolute atomic E-state index is 0.00215. The number of benzene rings is 2. The molecule has 1 amide bonds. The molecule has 0 saturated carbocycles. The molecule has 1 aliphatic rings. The van der Waals surface area contributed by atoms with E-state index in [1.54, 1.807) is 6.08 Å². The Balaban J connectivity index is 1.73. The highest BCUT2D eigenvalue weighted by Crippen LogP contribution is 2.35. The molecule has 32 heavy (non-hydrogen) atoms. The minimum Gasteiger partial charge on any atom is -0.490 e. The number of thioether (sulfide) groups is 1. The maximum absolute atomic E-state index is 12.7. The number of aliphatic carboxylic acids is 1. The molecule has 168 valence electrons. The van der Waals surface area contributed by atoms with Crippen molar-refractivity contribution in [2.45, 2.75) is 33.3 Å². The fourth-order valence-corrected chi connectivity index (χ4v) is 4.51. The van der Waals surface area contributed by atoms with E-state index in [0.29, 0.717) is 46.9 Å². The molecule has 6 nitrogen and oxygen atoms in total. The third-order valence-corrected chi connectivity index (χ3v) is 6.07. The van der Waals surface area contributed by atoms with Gasteiger partial charge in [-0.2, -0.15) is 0 Å². The first-order valence-electron chi connectivity index (χ1n) is 10.3. The topological polar surface area (TPSA) is 76.1 Å². The van der Waals surface area contributed by atoms with E-state index < -0.39 is 5.97 Å². The number of hydrogen-bond donors (Lipinski definition) is 1. The molecule has 1 fully saturated rings. The minimum atomic E-state index is -0.890. The molecule has 1 N–H and O–H groups in total. The summed E-state index contributed by atoms with van der Waals surface area (Å²) >= 11 is 6.52. The van der Waals surface area contributed by atoms with Crippen LogP contribution < -0.4 is 9.47 Å². The quantitative estimate of drug-likeness (QED) is 0.384.